The van der Waals surface area contributed by atoms with Crippen LogP contribution in [0.25, 0.3) is 5.69 Å². The zero-order valence-corrected chi connectivity index (χ0v) is 16.9. The van der Waals surface area contributed by atoms with E-state index >= 15 is 0 Å². The highest BCUT2D eigenvalue weighted by Crippen LogP contribution is 2.24. The molecule has 1 aromatic heterocycles. The number of hydrogen-bond donors (Lipinski definition) is 1. The minimum absolute atomic E-state index is 0.0267. The summed E-state index contributed by atoms with van der Waals surface area (Å²) in [5.41, 5.74) is 2.26. The van der Waals surface area contributed by atoms with E-state index in [1.807, 2.05) is 30.3 Å². The lowest BCUT2D eigenvalue weighted by Crippen LogP contribution is -2.28. The maximum absolute atomic E-state index is 12.9. The Labute approximate surface area is 178 Å². The Morgan fingerprint density at radius 1 is 1.19 bits per heavy atom. The molecule has 2 aromatic carbocycles. The van der Waals surface area contributed by atoms with Crippen molar-refractivity contribution in [3.05, 3.63) is 82.0 Å². The monoisotopic (exact) mass is 419 g/mol. The number of rotatable bonds is 6. The van der Waals surface area contributed by atoms with Gasteiger partial charge in [0.25, 0.3) is 5.69 Å². The molecule has 1 unspecified atom stereocenters. The van der Waals surface area contributed by atoms with E-state index in [0.717, 1.165) is 5.56 Å². The van der Waals surface area contributed by atoms with Crippen molar-refractivity contribution in [1.82, 2.24) is 14.7 Å². The molecule has 158 valence electrons. The highest BCUT2D eigenvalue weighted by Gasteiger charge is 2.34. The smallest absolute Gasteiger partial charge is 0.269 e. The van der Waals surface area contributed by atoms with Crippen molar-refractivity contribution in [3.63, 3.8) is 0 Å². The van der Waals surface area contributed by atoms with Crippen LogP contribution in [0.3, 0.4) is 0 Å². The van der Waals surface area contributed by atoms with Crippen LogP contribution < -0.4 is 5.32 Å². The second-order valence-electron chi connectivity index (χ2n) is 7.51. The molecule has 1 fully saturated rings. The van der Waals surface area contributed by atoms with E-state index in [1.165, 1.54) is 16.8 Å². The van der Waals surface area contributed by atoms with Crippen LogP contribution in [0.1, 0.15) is 17.7 Å². The van der Waals surface area contributed by atoms with Crippen molar-refractivity contribution in [2.24, 2.45) is 5.92 Å². The number of aromatic nitrogens is 2. The fraction of sp³-hybridized carbons (Fsp3) is 0.227. The van der Waals surface area contributed by atoms with Gasteiger partial charge in [-0.2, -0.15) is 5.10 Å². The van der Waals surface area contributed by atoms with E-state index in [0.29, 0.717) is 30.3 Å². The summed E-state index contributed by atoms with van der Waals surface area (Å²) in [5.74, 6) is -0.321. The Morgan fingerprint density at radius 2 is 1.90 bits per heavy atom. The molecule has 1 N–H and O–H groups in total. The van der Waals surface area contributed by atoms with Gasteiger partial charge in [-0.3, -0.25) is 19.7 Å². The second-order valence-corrected chi connectivity index (χ2v) is 7.51. The first-order valence-electron chi connectivity index (χ1n) is 9.85. The van der Waals surface area contributed by atoms with Gasteiger partial charge in [0, 0.05) is 37.7 Å². The van der Waals surface area contributed by atoms with Gasteiger partial charge in [0.1, 0.15) is 5.82 Å². The Kier molecular flexibility index (Phi) is 5.48. The van der Waals surface area contributed by atoms with E-state index in [9.17, 15) is 19.7 Å². The molecule has 0 radical (unpaired) electrons. The molecule has 9 heteroatoms. The number of amides is 2. The minimum Gasteiger partial charge on any atom is -0.338 e. The van der Waals surface area contributed by atoms with Crippen LogP contribution in [0.15, 0.2) is 60.7 Å². The van der Waals surface area contributed by atoms with Crippen LogP contribution in [0.5, 0.6) is 0 Å². The number of carbonyl (C=O) groups is 2. The first kappa shape index (κ1) is 20.3. The summed E-state index contributed by atoms with van der Waals surface area (Å²) < 4.78 is 1.52. The number of non-ortho nitro benzene ring substituents is 1. The first-order valence-corrected chi connectivity index (χ1v) is 9.85. The zero-order valence-electron chi connectivity index (χ0n) is 16.9. The summed E-state index contributed by atoms with van der Waals surface area (Å²) in [7, 11) is 0. The van der Waals surface area contributed by atoms with Crippen LogP contribution in [-0.4, -0.2) is 38.0 Å². The number of nitrogens with one attached hydrogen (secondary N) is 1. The summed E-state index contributed by atoms with van der Waals surface area (Å²) in [6.45, 7) is 2.62. The standard InChI is InChI=1S/C22H21N5O4/c1-15-11-20(26(24-15)18-7-9-19(10-8-18)27(30)31)23-22(29)17-12-21(28)25(14-17)13-16-5-3-2-4-6-16/h2-11,17H,12-14H2,1H3,(H,23,29). The van der Waals surface area contributed by atoms with Gasteiger partial charge in [-0.1, -0.05) is 30.3 Å². The van der Waals surface area contributed by atoms with E-state index in [-0.39, 0.29) is 23.9 Å². The molecule has 1 saturated heterocycles. The third-order valence-electron chi connectivity index (χ3n) is 5.19. The van der Waals surface area contributed by atoms with Gasteiger partial charge in [-0.15, -0.1) is 0 Å². The number of nitrogens with zero attached hydrogens (tertiary/aromatic N) is 4. The van der Waals surface area contributed by atoms with Crippen molar-refractivity contribution in [2.45, 2.75) is 19.9 Å². The fourth-order valence-corrected chi connectivity index (χ4v) is 3.63. The Morgan fingerprint density at radius 3 is 2.58 bits per heavy atom. The van der Waals surface area contributed by atoms with E-state index in [2.05, 4.69) is 10.4 Å². The number of hydrogen-bond acceptors (Lipinski definition) is 5. The SMILES string of the molecule is Cc1cc(NC(=O)C2CC(=O)N(Cc3ccccc3)C2)n(-c2ccc([N+](=O)[O-])cc2)n1. The van der Waals surface area contributed by atoms with Gasteiger partial charge in [-0.05, 0) is 24.6 Å². The van der Waals surface area contributed by atoms with Crippen LogP contribution in [-0.2, 0) is 16.1 Å². The van der Waals surface area contributed by atoms with Crippen LogP contribution >= 0.6 is 0 Å². The van der Waals surface area contributed by atoms with Gasteiger partial charge in [0.2, 0.25) is 11.8 Å². The quantitative estimate of drug-likeness (QED) is 0.488. The van der Waals surface area contributed by atoms with E-state index in [4.69, 9.17) is 0 Å². The predicted octanol–water partition coefficient (Wildman–Crippen LogP) is 3.08. The molecule has 0 aliphatic carbocycles. The van der Waals surface area contributed by atoms with E-state index in [1.54, 1.807) is 30.0 Å². The minimum atomic E-state index is -0.473. The number of nitro groups is 1. The summed E-state index contributed by atoms with van der Waals surface area (Å²) in [5, 5.41) is 18.1. The number of nitro benzene ring substituents is 1. The normalized spacial score (nSPS) is 15.8. The van der Waals surface area contributed by atoms with Crippen LogP contribution in [0, 0.1) is 23.0 Å². The Balaban J connectivity index is 1.47. The second kappa shape index (κ2) is 8.39. The van der Waals surface area contributed by atoms with Gasteiger partial charge in [0.15, 0.2) is 0 Å². The summed E-state index contributed by atoms with van der Waals surface area (Å²) >= 11 is 0. The molecule has 1 aliphatic heterocycles. The summed E-state index contributed by atoms with van der Waals surface area (Å²) in [6.07, 6.45) is 0.156. The average Bonchev–Trinajstić information content (AvgIpc) is 3.31. The van der Waals surface area contributed by atoms with Crippen molar-refractivity contribution in [3.8, 4) is 5.69 Å². The van der Waals surface area contributed by atoms with Crippen molar-refractivity contribution < 1.29 is 14.5 Å². The first-order chi connectivity index (χ1) is 14.9. The largest absolute Gasteiger partial charge is 0.338 e. The number of likely N-dealkylation sites (tertiary alicyclic amines) is 1. The molecule has 31 heavy (non-hydrogen) atoms. The van der Waals surface area contributed by atoms with Crippen LogP contribution in [0.4, 0.5) is 11.5 Å². The number of anilines is 1. The van der Waals surface area contributed by atoms with Gasteiger partial charge < -0.3 is 10.2 Å². The maximum atomic E-state index is 12.9. The third-order valence-corrected chi connectivity index (χ3v) is 5.19. The molecule has 3 aromatic rings. The molecule has 0 bridgehead atoms. The number of aryl methyl sites for hydroxylation is 1. The maximum Gasteiger partial charge on any atom is 0.269 e. The number of carbonyl (C=O) groups excluding carboxylic acids is 2. The van der Waals surface area contributed by atoms with Gasteiger partial charge >= 0.3 is 0 Å². The topological polar surface area (TPSA) is 110 Å². The lowest BCUT2D eigenvalue weighted by molar-refractivity contribution is -0.384. The lowest BCUT2D eigenvalue weighted by atomic mass is 10.1. The average molecular weight is 419 g/mol. The molecule has 2 amide bonds. The van der Waals surface area contributed by atoms with Gasteiger partial charge in [-0.25, -0.2) is 4.68 Å². The molecule has 0 saturated carbocycles. The van der Waals surface area contributed by atoms with E-state index < -0.39 is 10.8 Å². The summed E-state index contributed by atoms with van der Waals surface area (Å²) in [6, 6.07) is 17.3. The van der Waals surface area contributed by atoms with Crippen LogP contribution in [0.2, 0.25) is 0 Å². The number of benzene rings is 2. The molecular formula is C22H21N5O4. The molecule has 9 nitrogen and oxygen atoms in total. The Hall–Kier alpha value is -4.01. The van der Waals surface area contributed by atoms with Crippen molar-refractivity contribution in [2.75, 3.05) is 11.9 Å². The molecule has 2 heterocycles. The predicted molar refractivity (Wildman–Crippen MR) is 114 cm³/mol. The molecular weight excluding hydrogens is 398 g/mol. The summed E-state index contributed by atoms with van der Waals surface area (Å²) in [4.78, 5) is 37.4. The third kappa shape index (κ3) is 4.45. The highest BCUT2D eigenvalue weighted by atomic mass is 16.6. The van der Waals surface area contributed by atoms with Crippen molar-refractivity contribution >= 4 is 23.3 Å². The van der Waals surface area contributed by atoms with Gasteiger partial charge in [0.05, 0.1) is 22.2 Å². The van der Waals surface area contributed by atoms with Crippen molar-refractivity contribution in [1.29, 1.82) is 0 Å². The molecule has 4 rings (SSSR count). The molecule has 0 spiro atoms. The fourth-order valence-electron chi connectivity index (χ4n) is 3.63. The molecule has 1 atom stereocenters. The zero-order chi connectivity index (χ0) is 22.0. The lowest BCUT2D eigenvalue weighted by Gasteiger charge is -2.17. The highest BCUT2D eigenvalue weighted by molar-refractivity contribution is 5.96. The molecule has 1 aliphatic rings. The Bertz CT molecular complexity index is 1120.